The molecule has 2 aromatic heterocycles. The summed E-state index contributed by atoms with van der Waals surface area (Å²) in [6.45, 7) is 7.83. The van der Waals surface area contributed by atoms with Gasteiger partial charge in [0.05, 0.1) is 12.3 Å². The zero-order valence-electron chi connectivity index (χ0n) is 20.1. The molecule has 1 atom stereocenters. The minimum absolute atomic E-state index is 0.0294. The number of piperidine rings is 1. The van der Waals surface area contributed by atoms with E-state index in [2.05, 4.69) is 4.90 Å². The van der Waals surface area contributed by atoms with Gasteiger partial charge >= 0.3 is 5.69 Å². The number of ether oxygens (including phenoxy) is 1. The molecule has 0 radical (unpaired) electrons. The van der Waals surface area contributed by atoms with E-state index in [1.165, 1.54) is 9.13 Å². The molecule has 10 nitrogen and oxygen atoms in total. The Morgan fingerprint density at radius 1 is 1.21 bits per heavy atom. The lowest BCUT2D eigenvalue weighted by Crippen LogP contribution is -2.48. The Labute approximate surface area is 197 Å². The predicted octanol–water partition coefficient (Wildman–Crippen LogP) is 1.79. The number of anilines is 1. The Hall–Kier alpha value is -3.40. The van der Waals surface area contributed by atoms with Gasteiger partial charge in [0.25, 0.3) is 5.56 Å². The highest BCUT2D eigenvalue weighted by Gasteiger charge is 2.34. The number of imidazole rings is 1. The van der Waals surface area contributed by atoms with Crippen molar-refractivity contribution < 1.29 is 4.74 Å². The summed E-state index contributed by atoms with van der Waals surface area (Å²) in [5, 5.41) is 0. The number of fused-ring (bicyclic) bond motifs is 2. The number of hydrogen-bond acceptors (Lipinski definition) is 7. The molecule has 3 aromatic rings. The summed E-state index contributed by atoms with van der Waals surface area (Å²) >= 11 is 0. The molecule has 4 heterocycles. The molecule has 0 bridgehead atoms. The van der Waals surface area contributed by atoms with E-state index < -0.39 is 11.3 Å². The largest absolute Gasteiger partial charge is 0.480 e. The van der Waals surface area contributed by atoms with Gasteiger partial charge in [-0.15, -0.1) is 0 Å². The highest BCUT2D eigenvalue weighted by atomic mass is 16.5. The highest BCUT2D eigenvalue weighted by molar-refractivity contribution is 5.96. The standard InChI is InChI=1S/C24H31N7O3/c1-5-30-19-20(27-22(30)29-12-8-9-15(25)13-29)28(4)23(33)31(21(19)32)14-18-24(2,3)34-17-11-7-6-10-16(17)26-18/h6-7,10-11,15H,5,8-9,12-14,25H2,1-4H3. The molecule has 1 unspecified atom stereocenters. The van der Waals surface area contributed by atoms with E-state index in [-0.39, 0.29) is 18.1 Å². The Kier molecular flexibility index (Phi) is 5.35. The molecule has 180 valence electrons. The highest BCUT2D eigenvalue weighted by Crippen LogP contribution is 2.36. The minimum atomic E-state index is -0.770. The van der Waals surface area contributed by atoms with Crippen molar-refractivity contribution in [2.24, 2.45) is 17.8 Å². The second-order valence-electron chi connectivity index (χ2n) is 9.55. The van der Waals surface area contributed by atoms with Crippen molar-refractivity contribution in [3.05, 3.63) is 45.1 Å². The van der Waals surface area contributed by atoms with E-state index in [1.54, 1.807) is 7.05 Å². The summed E-state index contributed by atoms with van der Waals surface area (Å²) in [6.07, 6.45) is 1.94. The van der Waals surface area contributed by atoms with Crippen LogP contribution in [0.2, 0.25) is 0 Å². The molecule has 1 saturated heterocycles. The number of para-hydroxylation sites is 2. The Morgan fingerprint density at radius 3 is 2.71 bits per heavy atom. The quantitative estimate of drug-likeness (QED) is 0.629. The zero-order chi connectivity index (χ0) is 24.2. The van der Waals surface area contributed by atoms with Crippen LogP contribution in [0, 0.1) is 0 Å². The fraction of sp³-hybridized carbons (Fsp3) is 0.500. The third-order valence-electron chi connectivity index (χ3n) is 6.76. The monoisotopic (exact) mass is 465 g/mol. The fourth-order valence-electron chi connectivity index (χ4n) is 4.86. The van der Waals surface area contributed by atoms with E-state index in [1.807, 2.05) is 49.6 Å². The van der Waals surface area contributed by atoms with Crippen LogP contribution >= 0.6 is 0 Å². The third-order valence-corrected chi connectivity index (χ3v) is 6.76. The number of nitrogens with zero attached hydrogens (tertiary/aromatic N) is 6. The van der Waals surface area contributed by atoms with Gasteiger partial charge in [0, 0.05) is 32.7 Å². The summed E-state index contributed by atoms with van der Waals surface area (Å²) in [4.78, 5) is 38.6. The first-order chi connectivity index (χ1) is 16.2. The van der Waals surface area contributed by atoms with Gasteiger partial charge in [-0.05, 0) is 45.7 Å². The number of benzene rings is 1. The molecule has 34 heavy (non-hydrogen) atoms. The van der Waals surface area contributed by atoms with Gasteiger partial charge in [0.2, 0.25) is 5.95 Å². The lowest BCUT2D eigenvalue weighted by atomic mass is 10.00. The Morgan fingerprint density at radius 2 is 1.97 bits per heavy atom. The summed E-state index contributed by atoms with van der Waals surface area (Å²) in [5.41, 5.74) is 6.70. The lowest BCUT2D eigenvalue weighted by molar-refractivity contribution is 0.175. The summed E-state index contributed by atoms with van der Waals surface area (Å²) in [7, 11) is 1.65. The topological polar surface area (TPSA) is 113 Å². The molecule has 2 N–H and O–H groups in total. The minimum Gasteiger partial charge on any atom is -0.480 e. The van der Waals surface area contributed by atoms with Crippen molar-refractivity contribution >= 4 is 28.5 Å². The first kappa shape index (κ1) is 22.4. The van der Waals surface area contributed by atoms with E-state index in [9.17, 15) is 9.59 Å². The summed E-state index contributed by atoms with van der Waals surface area (Å²) in [6, 6.07) is 7.56. The third kappa shape index (κ3) is 3.53. The molecule has 0 aliphatic carbocycles. The number of aliphatic imine (C=N–C) groups is 1. The molecule has 1 aromatic carbocycles. The van der Waals surface area contributed by atoms with Gasteiger partial charge in [-0.25, -0.2) is 9.79 Å². The maximum atomic E-state index is 13.7. The maximum Gasteiger partial charge on any atom is 0.332 e. The smallest absolute Gasteiger partial charge is 0.332 e. The molecular formula is C24H31N7O3. The SMILES string of the molecule is CCn1c(N2CCCC(N)C2)nc2c1c(=O)n(CC1=Nc3ccccc3OC1(C)C)c(=O)n2C. The molecule has 2 aliphatic heterocycles. The lowest BCUT2D eigenvalue weighted by Gasteiger charge is -2.32. The van der Waals surface area contributed by atoms with Crippen LogP contribution in [0.15, 0.2) is 38.8 Å². The molecule has 0 spiro atoms. The number of nitrogens with two attached hydrogens (primary N) is 1. The Bertz CT molecular complexity index is 1410. The van der Waals surface area contributed by atoms with Crippen molar-refractivity contribution in [2.75, 3.05) is 18.0 Å². The van der Waals surface area contributed by atoms with Crippen molar-refractivity contribution in [2.45, 2.75) is 58.3 Å². The zero-order valence-corrected chi connectivity index (χ0v) is 20.1. The van der Waals surface area contributed by atoms with Crippen LogP contribution in [0.1, 0.15) is 33.6 Å². The molecule has 1 fully saturated rings. The van der Waals surface area contributed by atoms with Crippen molar-refractivity contribution in [1.29, 1.82) is 0 Å². The van der Waals surface area contributed by atoms with Gasteiger partial charge < -0.3 is 19.9 Å². The molecule has 0 saturated carbocycles. The van der Waals surface area contributed by atoms with Gasteiger partial charge in [-0.3, -0.25) is 13.9 Å². The van der Waals surface area contributed by atoms with Gasteiger partial charge in [-0.1, -0.05) is 12.1 Å². The number of aryl methyl sites for hydroxylation is 2. The van der Waals surface area contributed by atoms with Gasteiger partial charge in [-0.2, -0.15) is 4.98 Å². The first-order valence-corrected chi connectivity index (χ1v) is 11.8. The second kappa shape index (κ2) is 8.12. The molecule has 0 amide bonds. The second-order valence-corrected chi connectivity index (χ2v) is 9.55. The van der Waals surface area contributed by atoms with Crippen LogP contribution in [0.4, 0.5) is 11.6 Å². The predicted molar refractivity (Wildman–Crippen MR) is 133 cm³/mol. The molecule has 2 aliphatic rings. The van der Waals surface area contributed by atoms with E-state index >= 15 is 0 Å². The Balaban J connectivity index is 1.65. The number of hydrogen-bond donors (Lipinski definition) is 1. The van der Waals surface area contributed by atoms with Gasteiger partial charge in [0.15, 0.2) is 11.2 Å². The summed E-state index contributed by atoms with van der Waals surface area (Å²) < 4.78 is 10.7. The van der Waals surface area contributed by atoms with Crippen LogP contribution in [-0.4, -0.2) is 49.1 Å². The van der Waals surface area contributed by atoms with Crippen molar-refractivity contribution in [3.8, 4) is 5.75 Å². The van der Waals surface area contributed by atoms with E-state index in [0.29, 0.717) is 47.4 Å². The molecular weight excluding hydrogens is 434 g/mol. The molecule has 5 rings (SSSR count). The average molecular weight is 466 g/mol. The fourth-order valence-corrected chi connectivity index (χ4v) is 4.86. The van der Waals surface area contributed by atoms with Crippen molar-refractivity contribution in [3.63, 3.8) is 0 Å². The van der Waals surface area contributed by atoms with Crippen molar-refractivity contribution in [1.82, 2.24) is 18.7 Å². The number of aromatic nitrogens is 4. The maximum absolute atomic E-state index is 13.7. The van der Waals surface area contributed by atoms with Crippen LogP contribution in [0.5, 0.6) is 5.75 Å². The average Bonchev–Trinajstić information content (AvgIpc) is 3.20. The van der Waals surface area contributed by atoms with E-state index in [4.69, 9.17) is 20.4 Å². The molecule has 10 heteroatoms. The van der Waals surface area contributed by atoms with Gasteiger partial charge in [0.1, 0.15) is 17.0 Å². The first-order valence-electron chi connectivity index (χ1n) is 11.8. The number of rotatable bonds is 4. The van der Waals surface area contributed by atoms with E-state index in [0.717, 1.165) is 19.4 Å². The van der Waals surface area contributed by atoms with Crippen LogP contribution < -0.4 is 26.6 Å². The van der Waals surface area contributed by atoms with Crippen LogP contribution in [-0.2, 0) is 20.1 Å². The summed E-state index contributed by atoms with van der Waals surface area (Å²) in [5.74, 6) is 1.37. The van der Waals surface area contributed by atoms with Crippen LogP contribution in [0.25, 0.3) is 11.2 Å². The normalized spacial score (nSPS) is 19.6. The van der Waals surface area contributed by atoms with Crippen LogP contribution in [0.3, 0.4) is 0 Å².